The number of thiophene rings is 1. The summed E-state index contributed by atoms with van der Waals surface area (Å²) in [5, 5.41) is 6.26. The largest absolute Gasteiger partial charge is 0.334 e. The van der Waals surface area contributed by atoms with Gasteiger partial charge in [-0.05, 0) is 62.0 Å². The summed E-state index contributed by atoms with van der Waals surface area (Å²) in [6.07, 6.45) is 3.40. The molecule has 0 radical (unpaired) electrons. The molecule has 2 aliphatic rings. The first-order chi connectivity index (χ1) is 13.1. The van der Waals surface area contributed by atoms with Gasteiger partial charge >= 0.3 is 0 Å². The zero-order chi connectivity index (χ0) is 18.8. The van der Waals surface area contributed by atoms with Gasteiger partial charge in [0.15, 0.2) is 0 Å². The Bertz CT molecular complexity index is 861. The number of piperidine rings is 1. The topological polar surface area (TPSA) is 61.4 Å². The fourth-order valence-electron chi connectivity index (χ4n) is 3.83. The zero-order valence-corrected chi connectivity index (χ0v) is 16.5. The third-order valence-corrected chi connectivity index (χ3v) is 6.55. The van der Waals surface area contributed by atoms with Gasteiger partial charge in [0, 0.05) is 13.1 Å². The molecule has 4 rings (SSSR count). The van der Waals surface area contributed by atoms with Gasteiger partial charge in [-0.1, -0.05) is 23.7 Å². The second-order valence-electron chi connectivity index (χ2n) is 7.11. The Morgan fingerprint density at radius 2 is 2.07 bits per heavy atom. The van der Waals surface area contributed by atoms with Crippen LogP contribution in [0.2, 0.25) is 4.34 Å². The maximum atomic E-state index is 13.0. The first-order valence-electron chi connectivity index (χ1n) is 9.30. The van der Waals surface area contributed by atoms with Crippen LogP contribution in [-0.2, 0) is 6.54 Å². The number of amides is 2. The number of hydrogen-bond donors (Lipinski definition) is 2. The molecule has 3 heterocycles. The highest BCUT2D eigenvalue weighted by Crippen LogP contribution is 2.31. The Morgan fingerprint density at radius 1 is 1.26 bits per heavy atom. The standard InChI is InChI=1S/C20H22ClN3O2S/c21-17-5-4-16(27-17)19(25)23-15-3-1-2-14-12-24(20(26)18(14)15)11-8-13-6-9-22-10-7-13/h1-5,13,22H,6-12H2,(H,23,25). The van der Waals surface area contributed by atoms with Crippen molar-refractivity contribution in [2.45, 2.75) is 25.8 Å². The van der Waals surface area contributed by atoms with Crippen molar-refractivity contribution in [1.29, 1.82) is 0 Å². The van der Waals surface area contributed by atoms with Gasteiger partial charge in [-0.3, -0.25) is 9.59 Å². The normalized spacial score (nSPS) is 17.2. The van der Waals surface area contributed by atoms with E-state index in [4.69, 9.17) is 11.6 Å². The van der Waals surface area contributed by atoms with Crippen LogP contribution in [0.3, 0.4) is 0 Å². The van der Waals surface area contributed by atoms with Crippen LogP contribution in [-0.4, -0.2) is 36.3 Å². The van der Waals surface area contributed by atoms with Gasteiger partial charge < -0.3 is 15.5 Å². The average Bonchev–Trinajstić information content (AvgIpc) is 3.25. The van der Waals surface area contributed by atoms with Crippen LogP contribution in [0.5, 0.6) is 0 Å². The number of benzene rings is 1. The first-order valence-corrected chi connectivity index (χ1v) is 10.5. The molecule has 0 atom stereocenters. The molecule has 142 valence electrons. The fraction of sp³-hybridized carbons (Fsp3) is 0.400. The summed E-state index contributed by atoms with van der Waals surface area (Å²) in [6.45, 7) is 3.53. The van der Waals surface area contributed by atoms with Gasteiger partial charge in [0.2, 0.25) is 0 Å². The number of fused-ring (bicyclic) bond motifs is 1. The molecule has 0 saturated carbocycles. The van der Waals surface area contributed by atoms with Crippen LogP contribution in [0, 0.1) is 5.92 Å². The van der Waals surface area contributed by atoms with E-state index in [0.29, 0.717) is 32.9 Å². The van der Waals surface area contributed by atoms with Crippen molar-refractivity contribution in [3.05, 3.63) is 50.7 Å². The molecule has 1 aromatic heterocycles. The average molecular weight is 404 g/mol. The number of nitrogens with zero attached hydrogens (tertiary/aromatic N) is 1. The maximum Gasteiger partial charge on any atom is 0.265 e. The van der Waals surface area contributed by atoms with Crippen molar-refractivity contribution in [2.24, 2.45) is 5.92 Å². The summed E-state index contributed by atoms with van der Waals surface area (Å²) in [4.78, 5) is 27.9. The second-order valence-corrected chi connectivity index (χ2v) is 8.82. The summed E-state index contributed by atoms with van der Waals surface area (Å²) in [6, 6.07) is 9.04. The van der Waals surface area contributed by atoms with E-state index in [9.17, 15) is 9.59 Å². The van der Waals surface area contributed by atoms with E-state index in [0.717, 1.165) is 31.6 Å². The van der Waals surface area contributed by atoms with Crippen molar-refractivity contribution in [1.82, 2.24) is 10.2 Å². The lowest BCUT2D eigenvalue weighted by Gasteiger charge is -2.25. The van der Waals surface area contributed by atoms with Crippen LogP contribution in [0.15, 0.2) is 30.3 Å². The highest BCUT2D eigenvalue weighted by Gasteiger charge is 2.30. The van der Waals surface area contributed by atoms with Crippen LogP contribution in [0.1, 0.15) is 44.9 Å². The van der Waals surface area contributed by atoms with Gasteiger partial charge in [-0.25, -0.2) is 0 Å². The van der Waals surface area contributed by atoms with Gasteiger partial charge in [-0.2, -0.15) is 0 Å². The second kappa shape index (κ2) is 8.00. The van der Waals surface area contributed by atoms with E-state index in [2.05, 4.69) is 10.6 Å². The number of nitrogens with one attached hydrogen (secondary N) is 2. The summed E-state index contributed by atoms with van der Waals surface area (Å²) in [5.41, 5.74) is 2.18. The summed E-state index contributed by atoms with van der Waals surface area (Å²) < 4.78 is 0.568. The molecule has 5 nitrogen and oxygen atoms in total. The molecule has 1 saturated heterocycles. The molecule has 2 N–H and O–H groups in total. The molecule has 0 spiro atoms. The van der Waals surface area contributed by atoms with Crippen LogP contribution in [0.25, 0.3) is 0 Å². The third-order valence-electron chi connectivity index (χ3n) is 5.32. The highest BCUT2D eigenvalue weighted by atomic mass is 35.5. The molecule has 2 aromatic rings. The maximum absolute atomic E-state index is 13.0. The Balaban J connectivity index is 1.45. The molecule has 1 fully saturated rings. The number of hydrogen-bond acceptors (Lipinski definition) is 4. The molecular formula is C20H22ClN3O2S. The summed E-state index contributed by atoms with van der Waals surface area (Å²) in [5.74, 6) is 0.464. The molecule has 0 bridgehead atoms. The minimum Gasteiger partial charge on any atom is -0.334 e. The lowest BCUT2D eigenvalue weighted by Crippen LogP contribution is -2.31. The van der Waals surface area contributed by atoms with Crippen molar-refractivity contribution in [3.63, 3.8) is 0 Å². The Hall–Kier alpha value is -1.89. The number of carbonyl (C=O) groups is 2. The van der Waals surface area contributed by atoms with Crippen LogP contribution >= 0.6 is 22.9 Å². The number of anilines is 1. The van der Waals surface area contributed by atoms with E-state index in [-0.39, 0.29) is 11.8 Å². The van der Waals surface area contributed by atoms with E-state index >= 15 is 0 Å². The SMILES string of the molecule is O=C(Nc1cccc2c1C(=O)N(CCC1CCNCC1)C2)c1ccc(Cl)s1. The lowest BCUT2D eigenvalue weighted by molar-refractivity contribution is 0.0767. The van der Waals surface area contributed by atoms with Crippen molar-refractivity contribution in [3.8, 4) is 0 Å². The number of halogens is 1. The van der Waals surface area contributed by atoms with E-state index in [1.165, 1.54) is 24.2 Å². The molecule has 0 unspecified atom stereocenters. The van der Waals surface area contributed by atoms with Crippen molar-refractivity contribution in [2.75, 3.05) is 25.0 Å². The minimum absolute atomic E-state index is 0.0130. The van der Waals surface area contributed by atoms with Crippen molar-refractivity contribution >= 4 is 40.4 Å². The zero-order valence-electron chi connectivity index (χ0n) is 15.0. The monoisotopic (exact) mass is 403 g/mol. The lowest BCUT2D eigenvalue weighted by atomic mass is 9.94. The van der Waals surface area contributed by atoms with Gasteiger partial charge in [0.05, 0.1) is 20.5 Å². The highest BCUT2D eigenvalue weighted by molar-refractivity contribution is 7.18. The summed E-state index contributed by atoms with van der Waals surface area (Å²) in [7, 11) is 0. The van der Waals surface area contributed by atoms with E-state index in [1.54, 1.807) is 18.2 Å². The van der Waals surface area contributed by atoms with E-state index < -0.39 is 0 Å². The van der Waals surface area contributed by atoms with Gasteiger partial charge in [0.1, 0.15) is 0 Å². The molecule has 2 amide bonds. The summed E-state index contributed by atoms with van der Waals surface area (Å²) >= 11 is 7.14. The Morgan fingerprint density at radius 3 is 2.81 bits per heavy atom. The van der Waals surface area contributed by atoms with Gasteiger partial charge in [0.25, 0.3) is 11.8 Å². The van der Waals surface area contributed by atoms with Gasteiger partial charge in [-0.15, -0.1) is 11.3 Å². The van der Waals surface area contributed by atoms with E-state index in [1.807, 2.05) is 17.0 Å². The Labute approximate surface area is 167 Å². The molecule has 27 heavy (non-hydrogen) atoms. The minimum atomic E-state index is -0.235. The third kappa shape index (κ3) is 4.03. The van der Waals surface area contributed by atoms with Crippen molar-refractivity contribution < 1.29 is 9.59 Å². The van der Waals surface area contributed by atoms with Crippen LogP contribution in [0.4, 0.5) is 5.69 Å². The molecule has 7 heteroatoms. The molecule has 0 aliphatic carbocycles. The predicted octanol–water partition coefficient (Wildman–Crippen LogP) is 4.00. The fourth-order valence-corrected chi connectivity index (χ4v) is 4.77. The van der Waals surface area contributed by atoms with Crippen LogP contribution < -0.4 is 10.6 Å². The first kappa shape index (κ1) is 18.5. The molecule has 1 aromatic carbocycles. The quantitative estimate of drug-likeness (QED) is 0.793. The smallest absolute Gasteiger partial charge is 0.265 e. The molecule has 2 aliphatic heterocycles. The Kier molecular flexibility index (Phi) is 5.48. The molecular weight excluding hydrogens is 382 g/mol. The number of carbonyl (C=O) groups excluding carboxylic acids is 2. The predicted molar refractivity (Wildman–Crippen MR) is 109 cm³/mol. The number of rotatable bonds is 5.